The molecule has 2 aliphatic rings. The molecule has 2 aliphatic carbocycles. The second-order valence-corrected chi connectivity index (χ2v) is 14.2. The molecule has 0 aromatic heterocycles. The van der Waals surface area contributed by atoms with Gasteiger partial charge in [-0.3, -0.25) is 4.79 Å². The molecule has 0 heterocycles. The van der Waals surface area contributed by atoms with Crippen molar-refractivity contribution in [2.24, 2.45) is 0 Å². The van der Waals surface area contributed by atoms with Gasteiger partial charge in [0.15, 0.2) is 0 Å². The van der Waals surface area contributed by atoms with Gasteiger partial charge in [-0.05, 0) is 80.1 Å². The minimum absolute atomic E-state index is 0.00625. The summed E-state index contributed by atoms with van der Waals surface area (Å²) in [5.74, 6) is 0. The highest BCUT2D eigenvalue weighted by atomic mass is 32.2. The van der Waals surface area contributed by atoms with Crippen LogP contribution >= 0.6 is 24.4 Å². The molecular weight excluding hydrogens is 552 g/mol. The highest BCUT2D eigenvalue weighted by Gasteiger charge is 2.33. The molecule has 0 aliphatic heterocycles. The third-order valence-electron chi connectivity index (χ3n) is 6.25. The molecule has 2 saturated carbocycles. The summed E-state index contributed by atoms with van der Waals surface area (Å²) in [6, 6.07) is 8.93. The van der Waals surface area contributed by atoms with Crippen LogP contribution < -0.4 is 10.6 Å². The monoisotopic (exact) mass is 598 g/mol. The highest BCUT2D eigenvalue weighted by Crippen LogP contribution is 2.31. The molecule has 0 saturated heterocycles. The first kappa shape index (κ1) is 34.3. The van der Waals surface area contributed by atoms with E-state index in [1.165, 1.54) is 11.8 Å². The molecule has 4 N–H and O–H groups in total. The number of aliphatic hydroxyl groups is 2. The second-order valence-electron chi connectivity index (χ2n) is 12.3. The van der Waals surface area contributed by atoms with Crippen molar-refractivity contribution in [2.75, 3.05) is 0 Å². The molecule has 40 heavy (non-hydrogen) atoms. The Morgan fingerprint density at radius 3 is 1.73 bits per heavy atom. The van der Waals surface area contributed by atoms with Gasteiger partial charge in [-0.1, -0.05) is 42.1 Å². The van der Waals surface area contributed by atoms with E-state index in [-0.39, 0.29) is 27.7 Å². The number of alkyl carbamates (subject to hydrolysis) is 2. The molecule has 3 rings (SSSR count). The minimum atomic E-state index is -0.628. The van der Waals surface area contributed by atoms with Crippen LogP contribution in [0.15, 0.2) is 30.3 Å². The topological polar surface area (TPSA) is 134 Å². The van der Waals surface area contributed by atoms with E-state index < -0.39 is 35.6 Å². The first-order valence-corrected chi connectivity index (χ1v) is 15.2. The lowest BCUT2D eigenvalue weighted by molar-refractivity contribution is 0.0441. The van der Waals surface area contributed by atoms with Crippen LogP contribution in [0.1, 0.15) is 90.4 Å². The number of carbonyl (C=O) groups excluding carboxylic acids is 3. The Labute approximate surface area is 247 Å². The molecule has 0 radical (unpaired) electrons. The maximum absolute atomic E-state index is 12.2. The Balaban J connectivity index is 0.000000305. The van der Waals surface area contributed by atoms with Crippen molar-refractivity contribution in [1.82, 2.24) is 10.6 Å². The largest absolute Gasteiger partial charge is 0.444 e. The van der Waals surface area contributed by atoms with Gasteiger partial charge < -0.3 is 30.3 Å². The summed E-state index contributed by atoms with van der Waals surface area (Å²) in [5, 5.41) is 25.4. The van der Waals surface area contributed by atoms with Crippen LogP contribution in [0.25, 0.3) is 0 Å². The number of nitrogens with one attached hydrogen (secondary N) is 2. The normalized spacial score (nSPS) is 26.9. The molecule has 11 heteroatoms. The lowest BCUT2D eigenvalue weighted by atomic mass is 9.92. The molecule has 1 aromatic carbocycles. The molecule has 2 amide bonds. The third-order valence-corrected chi connectivity index (χ3v) is 8.15. The zero-order valence-corrected chi connectivity index (χ0v) is 26.1. The molecule has 0 spiro atoms. The van der Waals surface area contributed by atoms with Gasteiger partial charge in [-0.25, -0.2) is 9.59 Å². The second kappa shape index (κ2) is 15.3. The van der Waals surface area contributed by atoms with E-state index in [9.17, 15) is 24.6 Å². The summed E-state index contributed by atoms with van der Waals surface area (Å²) in [6.07, 6.45) is 2.06. The lowest BCUT2D eigenvalue weighted by Gasteiger charge is -2.33. The van der Waals surface area contributed by atoms with Gasteiger partial charge in [0, 0.05) is 28.1 Å². The van der Waals surface area contributed by atoms with Crippen LogP contribution in [-0.2, 0) is 9.47 Å². The SMILES string of the molecule is CC(C)(C)OC(=O)N[C@@H]1CC[C@@H](S)[C@H](O)C1.CC(C)(C)OC(=O)N[C@@H]1CC[C@@H](SC(=O)c2ccccc2)[C@H](O)C1. The Bertz CT molecular complexity index is 965. The summed E-state index contributed by atoms with van der Waals surface area (Å²) >= 11 is 5.44. The van der Waals surface area contributed by atoms with Crippen LogP contribution in [0.4, 0.5) is 9.59 Å². The van der Waals surface area contributed by atoms with Crippen LogP contribution in [-0.4, -0.2) is 73.5 Å². The quantitative estimate of drug-likeness (QED) is 0.303. The van der Waals surface area contributed by atoms with Crippen molar-refractivity contribution in [1.29, 1.82) is 0 Å². The predicted molar refractivity (Wildman–Crippen MR) is 161 cm³/mol. The summed E-state index contributed by atoms with van der Waals surface area (Å²) in [4.78, 5) is 35.5. The Hall–Kier alpha value is -1.95. The van der Waals surface area contributed by atoms with Crippen molar-refractivity contribution < 1.29 is 34.1 Å². The summed E-state index contributed by atoms with van der Waals surface area (Å²) in [7, 11) is 0. The van der Waals surface area contributed by atoms with Gasteiger partial charge in [-0.2, -0.15) is 12.6 Å². The van der Waals surface area contributed by atoms with E-state index in [2.05, 4.69) is 23.3 Å². The van der Waals surface area contributed by atoms with Crippen molar-refractivity contribution in [2.45, 2.75) is 126 Å². The molecule has 9 nitrogen and oxygen atoms in total. The highest BCUT2D eigenvalue weighted by molar-refractivity contribution is 8.14. The van der Waals surface area contributed by atoms with E-state index >= 15 is 0 Å². The zero-order valence-electron chi connectivity index (χ0n) is 24.4. The lowest BCUT2D eigenvalue weighted by Crippen LogP contribution is -2.45. The number of rotatable bonds is 4. The van der Waals surface area contributed by atoms with Gasteiger partial charge in [-0.15, -0.1) is 0 Å². The summed E-state index contributed by atoms with van der Waals surface area (Å²) < 4.78 is 10.4. The van der Waals surface area contributed by atoms with Crippen LogP contribution in [0.2, 0.25) is 0 Å². The standard InChI is InChI=1S/C18H25NO4S.C11H21NO3S/c1-18(2,3)23-17(22)19-13-9-10-15(14(20)11-13)24-16(21)12-7-5-4-6-8-12;1-11(2,3)15-10(14)12-7-4-5-9(16)8(13)6-7/h4-8,13-15,20H,9-11H2,1-3H3,(H,19,22);7-9,13,16H,4-6H2,1-3H3,(H,12,14)/t13-,14-,15-;7-,8-,9-/m11/s1. The van der Waals surface area contributed by atoms with Crippen molar-refractivity contribution in [3.8, 4) is 0 Å². The van der Waals surface area contributed by atoms with E-state index in [0.717, 1.165) is 19.3 Å². The third kappa shape index (κ3) is 13.1. The van der Waals surface area contributed by atoms with E-state index in [1.807, 2.05) is 59.7 Å². The van der Waals surface area contributed by atoms with Gasteiger partial charge in [0.25, 0.3) is 0 Å². The average molecular weight is 599 g/mol. The number of amides is 2. The van der Waals surface area contributed by atoms with Gasteiger partial charge >= 0.3 is 12.2 Å². The molecular formula is C29H46N2O7S2. The molecule has 0 bridgehead atoms. The van der Waals surface area contributed by atoms with Crippen molar-refractivity contribution >= 4 is 41.7 Å². The van der Waals surface area contributed by atoms with Gasteiger partial charge in [0.05, 0.1) is 12.2 Å². The number of carbonyl (C=O) groups is 3. The number of aliphatic hydroxyl groups excluding tert-OH is 2. The number of hydrogen-bond acceptors (Lipinski definition) is 9. The van der Waals surface area contributed by atoms with Crippen LogP contribution in [0.5, 0.6) is 0 Å². The first-order chi connectivity index (χ1) is 18.5. The van der Waals surface area contributed by atoms with Crippen molar-refractivity contribution in [3.05, 3.63) is 35.9 Å². The number of hydrogen-bond donors (Lipinski definition) is 5. The van der Waals surface area contributed by atoms with E-state index in [4.69, 9.17) is 9.47 Å². The average Bonchev–Trinajstić information content (AvgIpc) is 2.81. The van der Waals surface area contributed by atoms with Gasteiger partial charge in [0.1, 0.15) is 11.2 Å². The van der Waals surface area contributed by atoms with Crippen molar-refractivity contribution in [3.63, 3.8) is 0 Å². The van der Waals surface area contributed by atoms with Gasteiger partial charge in [0.2, 0.25) is 5.12 Å². The Kier molecular flexibility index (Phi) is 13.1. The zero-order chi connectivity index (χ0) is 30.1. The maximum atomic E-state index is 12.2. The first-order valence-electron chi connectivity index (χ1n) is 13.8. The number of thioether (sulfide) groups is 1. The van der Waals surface area contributed by atoms with E-state index in [0.29, 0.717) is 24.8 Å². The fourth-order valence-electron chi connectivity index (χ4n) is 4.38. The fraction of sp³-hybridized carbons (Fsp3) is 0.690. The van der Waals surface area contributed by atoms with Crippen LogP contribution in [0, 0.1) is 0 Å². The number of ether oxygens (including phenoxy) is 2. The van der Waals surface area contributed by atoms with E-state index in [1.54, 1.807) is 12.1 Å². The smallest absolute Gasteiger partial charge is 0.407 e. The fourth-order valence-corrected chi connectivity index (χ4v) is 5.72. The Morgan fingerprint density at radius 1 is 0.800 bits per heavy atom. The molecule has 0 unspecified atom stereocenters. The molecule has 6 atom stereocenters. The maximum Gasteiger partial charge on any atom is 0.407 e. The molecule has 226 valence electrons. The van der Waals surface area contributed by atoms with Crippen LogP contribution in [0.3, 0.4) is 0 Å². The predicted octanol–water partition coefficient (Wildman–Crippen LogP) is 5.09. The minimum Gasteiger partial charge on any atom is -0.444 e. The number of thiol groups is 1. The Morgan fingerprint density at radius 2 is 1.27 bits per heavy atom. The molecule has 1 aromatic rings. The molecule has 2 fully saturated rings. The summed E-state index contributed by atoms with van der Waals surface area (Å²) in [5.41, 5.74) is -0.384. The summed E-state index contributed by atoms with van der Waals surface area (Å²) in [6.45, 7) is 10.9. The number of benzene rings is 1.